The molecule has 2 amide bonds. The van der Waals surface area contributed by atoms with E-state index in [-0.39, 0.29) is 42.2 Å². The summed E-state index contributed by atoms with van der Waals surface area (Å²) in [6.45, 7) is 8.79. The maximum Gasteiger partial charge on any atom is 0.255 e. The van der Waals surface area contributed by atoms with Gasteiger partial charge in [0.25, 0.3) is 11.8 Å². The van der Waals surface area contributed by atoms with Crippen LogP contribution in [0.2, 0.25) is 0 Å². The van der Waals surface area contributed by atoms with Gasteiger partial charge in [-0.05, 0) is 61.7 Å². The molecule has 7 N–H and O–H groups in total. The Balaban J connectivity index is 1.76. The van der Waals surface area contributed by atoms with Crippen molar-refractivity contribution in [2.24, 2.45) is 16.6 Å². The number of amides is 2. The molecule has 46 heavy (non-hydrogen) atoms. The third-order valence-corrected chi connectivity index (χ3v) is 9.90. The van der Waals surface area contributed by atoms with Crippen molar-refractivity contribution < 1.29 is 39.6 Å². The molecule has 3 aliphatic carbocycles. The van der Waals surface area contributed by atoms with Crippen LogP contribution in [0.3, 0.4) is 0 Å². The minimum atomic E-state index is -2.81. The second-order valence-corrected chi connectivity index (χ2v) is 14.4. The average Bonchev–Trinajstić information content (AvgIpc) is 2.93. The molecule has 4 atom stereocenters. The molecule has 1 aromatic carbocycles. The third kappa shape index (κ3) is 4.45. The van der Waals surface area contributed by atoms with Crippen molar-refractivity contribution in [3.63, 3.8) is 0 Å². The smallest absolute Gasteiger partial charge is 0.255 e. The zero-order valence-electron chi connectivity index (χ0n) is 27.0. The van der Waals surface area contributed by atoms with Crippen LogP contribution < -0.4 is 11.1 Å². The zero-order valence-corrected chi connectivity index (χ0v) is 27.0. The molecular weight excluding hydrogens is 592 g/mol. The summed E-state index contributed by atoms with van der Waals surface area (Å²) < 4.78 is 0. The number of aromatic hydroxyl groups is 1. The number of carbonyl (C=O) groups is 4. The number of carbonyl (C=O) groups excluding carboxylic acids is 4. The van der Waals surface area contributed by atoms with Crippen LogP contribution in [0.1, 0.15) is 73.7 Å². The number of aliphatic hydroxyl groups excluding tert-OH is 2. The van der Waals surface area contributed by atoms with Crippen LogP contribution in [0, 0.1) is 10.8 Å². The van der Waals surface area contributed by atoms with Crippen molar-refractivity contribution in [1.82, 2.24) is 15.2 Å². The van der Waals surface area contributed by atoms with Gasteiger partial charge in [-0.2, -0.15) is 0 Å². The van der Waals surface area contributed by atoms with E-state index in [1.165, 1.54) is 18.0 Å². The average molecular weight is 633 g/mol. The molecule has 1 saturated carbocycles. The van der Waals surface area contributed by atoms with E-state index >= 15 is 0 Å². The molecule has 0 aliphatic heterocycles. The van der Waals surface area contributed by atoms with Crippen molar-refractivity contribution in [3.05, 3.63) is 75.3 Å². The van der Waals surface area contributed by atoms with Crippen LogP contribution in [0.25, 0.3) is 5.76 Å². The fraction of sp³-hybridized carbons (Fsp3) is 0.441. The molecule has 1 heterocycles. The van der Waals surface area contributed by atoms with Crippen LogP contribution in [0.4, 0.5) is 0 Å². The van der Waals surface area contributed by atoms with Gasteiger partial charge in [0.1, 0.15) is 22.8 Å². The number of primary amides is 1. The fourth-order valence-corrected chi connectivity index (χ4v) is 7.97. The van der Waals surface area contributed by atoms with E-state index in [9.17, 15) is 39.6 Å². The number of rotatable bonds is 5. The predicted molar refractivity (Wildman–Crippen MR) is 168 cm³/mol. The van der Waals surface area contributed by atoms with Gasteiger partial charge in [0.15, 0.2) is 11.4 Å². The van der Waals surface area contributed by atoms with E-state index in [1.807, 2.05) is 20.8 Å². The second kappa shape index (κ2) is 10.5. The number of phenols is 1. The molecule has 5 rings (SSSR count). The summed E-state index contributed by atoms with van der Waals surface area (Å²) in [6, 6.07) is 3.77. The number of aliphatic hydroxyl groups is 3. The highest BCUT2D eigenvalue weighted by Crippen LogP contribution is 2.63. The number of ketones is 2. The fourth-order valence-electron chi connectivity index (χ4n) is 7.97. The van der Waals surface area contributed by atoms with Crippen LogP contribution in [0.5, 0.6) is 5.75 Å². The van der Waals surface area contributed by atoms with Crippen LogP contribution in [0.15, 0.2) is 47.5 Å². The summed E-state index contributed by atoms with van der Waals surface area (Å²) in [5.74, 6) is -5.65. The molecular formula is C34H40N4O8. The van der Waals surface area contributed by atoms with Gasteiger partial charge in [0.05, 0.1) is 17.2 Å². The molecule has 0 saturated heterocycles. The maximum atomic E-state index is 14.6. The minimum absolute atomic E-state index is 0.0115. The number of phenolic OH excluding ortho intramolecular Hbond substituents is 1. The molecule has 0 unspecified atom stereocenters. The Labute approximate surface area is 266 Å². The molecule has 0 radical (unpaired) electrons. The van der Waals surface area contributed by atoms with E-state index in [2.05, 4.69) is 10.3 Å². The summed E-state index contributed by atoms with van der Waals surface area (Å²) in [5.41, 5.74) is -0.222. The number of hydrogen-bond acceptors (Lipinski definition) is 10. The standard InChI is InChI=1S/C34H40N4O8/c1-31(2,3)19-11-17(14-37-30(45)16-9-8-10-36-13-16)18-12-32(4)15-33(5)26(38(6)7)25(41)21(29(35)44)27(42)34(33,46)28(43)22(32)24(40)20(18)23(19)39/h8-11,13,26,39-40,42,46H,12,14-15H2,1-7H3,(H2,35,44)(H,37,45)/t26-,32+,33+,34-/m1/s1. The monoisotopic (exact) mass is 632 g/mol. The van der Waals surface area contributed by atoms with Crippen molar-refractivity contribution in [3.8, 4) is 5.75 Å². The lowest BCUT2D eigenvalue weighted by Gasteiger charge is -2.59. The Morgan fingerprint density at radius 2 is 1.80 bits per heavy atom. The Bertz CT molecular complexity index is 1770. The number of nitrogens with two attached hydrogens (primary N) is 1. The number of pyridine rings is 1. The molecule has 0 bridgehead atoms. The van der Waals surface area contributed by atoms with Crippen LogP contribution in [-0.2, 0) is 32.8 Å². The molecule has 12 nitrogen and oxygen atoms in total. The van der Waals surface area contributed by atoms with Crippen molar-refractivity contribution >= 4 is 29.1 Å². The van der Waals surface area contributed by atoms with Gasteiger partial charge in [-0.15, -0.1) is 0 Å². The van der Waals surface area contributed by atoms with Gasteiger partial charge < -0.3 is 31.5 Å². The van der Waals surface area contributed by atoms with E-state index in [0.717, 1.165) is 0 Å². The zero-order chi connectivity index (χ0) is 34.3. The molecule has 12 heteroatoms. The van der Waals surface area contributed by atoms with Crippen LogP contribution in [-0.4, -0.2) is 79.4 Å². The Hall–Kier alpha value is -4.55. The number of likely N-dealkylation sites (N-methyl/N-ethyl adjacent to an activating group) is 1. The number of fused-ring (bicyclic) bond motifs is 3. The Morgan fingerprint density at radius 3 is 2.35 bits per heavy atom. The van der Waals surface area contributed by atoms with Gasteiger partial charge in [0, 0.05) is 40.9 Å². The quantitative estimate of drug-likeness (QED) is 0.266. The number of Topliss-reactive ketones (excluding diaryl/α,β-unsaturated/α-hetero) is 2. The topological polar surface area (TPSA) is 203 Å². The molecule has 1 aromatic heterocycles. The highest BCUT2D eigenvalue weighted by Gasteiger charge is 2.72. The SMILES string of the molecule is CN(C)[C@@H]1C(=O)C(C(N)=O)=C(O)[C@@]2(O)C(=O)C3=C(O)c4c(O)c(C(C)(C)C)cc(CNC(=O)c5cccnc5)c4C[C@@]3(C)C[C@@]12C. The van der Waals surface area contributed by atoms with Gasteiger partial charge in [-0.25, -0.2) is 0 Å². The number of benzene rings is 1. The molecule has 3 aliphatic rings. The molecule has 0 spiro atoms. The first-order valence-electron chi connectivity index (χ1n) is 14.9. The summed E-state index contributed by atoms with van der Waals surface area (Å²) in [6.07, 6.45) is 2.94. The van der Waals surface area contributed by atoms with Crippen molar-refractivity contribution in [2.45, 2.75) is 71.1 Å². The summed E-state index contributed by atoms with van der Waals surface area (Å²) in [4.78, 5) is 59.0. The van der Waals surface area contributed by atoms with E-state index < -0.39 is 62.5 Å². The lowest BCUT2D eigenvalue weighted by molar-refractivity contribution is -0.176. The highest BCUT2D eigenvalue weighted by molar-refractivity contribution is 6.25. The maximum absolute atomic E-state index is 14.6. The Morgan fingerprint density at radius 1 is 1.15 bits per heavy atom. The number of nitrogens with one attached hydrogen (secondary N) is 1. The number of hydrogen-bond donors (Lipinski definition) is 6. The first kappa shape index (κ1) is 32.8. The van der Waals surface area contributed by atoms with Crippen molar-refractivity contribution in [1.29, 1.82) is 0 Å². The second-order valence-electron chi connectivity index (χ2n) is 14.4. The number of nitrogens with zero attached hydrogens (tertiary/aromatic N) is 2. The molecule has 244 valence electrons. The summed E-state index contributed by atoms with van der Waals surface area (Å²) in [5, 5.41) is 49.9. The van der Waals surface area contributed by atoms with Crippen LogP contribution >= 0.6 is 0 Å². The van der Waals surface area contributed by atoms with E-state index in [4.69, 9.17) is 5.73 Å². The first-order chi connectivity index (χ1) is 21.2. The lowest BCUT2D eigenvalue weighted by atomic mass is 9.46. The molecule has 1 fully saturated rings. The number of aromatic nitrogens is 1. The van der Waals surface area contributed by atoms with Gasteiger partial charge in [-0.1, -0.05) is 34.6 Å². The normalized spacial score (nSPS) is 27.7. The van der Waals surface area contributed by atoms with E-state index in [1.54, 1.807) is 45.4 Å². The van der Waals surface area contributed by atoms with Gasteiger partial charge >= 0.3 is 0 Å². The Kier molecular flexibility index (Phi) is 7.49. The van der Waals surface area contributed by atoms with Crippen molar-refractivity contribution in [2.75, 3.05) is 14.1 Å². The van der Waals surface area contributed by atoms with E-state index in [0.29, 0.717) is 22.3 Å². The predicted octanol–water partition coefficient (Wildman–Crippen LogP) is 2.37. The molecule has 2 aromatic rings. The minimum Gasteiger partial charge on any atom is -0.508 e. The third-order valence-electron chi connectivity index (χ3n) is 9.90. The highest BCUT2D eigenvalue weighted by atomic mass is 16.3. The summed E-state index contributed by atoms with van der Waals surface area (Å²) >= 11 is 0. The van der Waals surface area contributed by atoms with Gasteiger partial charge in [0.2, 0.25) is 5.78 Å². The first-order valence-corrected chi connectivity index (χ1v) is 14.9. The lowest BCUT2D eigenvalue weighted by Crippen LogP contribution is -2.72. The largest absolute Gasteiger partial charge is 0.508 e. The summed E-state index contributed by atoms with van der Waals surface area (Å²) in [7, 11) is 3.10. The van der Waals surface area contributed by atoms with Gasteiger partial charge in [-0.3, -0.25) is 29.1 Å².